The Morgan fingerprint density at radius 3 is 2.46 bits per heavy atom. The molecule has 0 saturated carbocycles. The van der Waals surface area contributed by atoms with Gasteiger partial charge in [0.1, 0.15) is 6.04 Å². The maximum Gasteiger partial charge on any atom is 0.329 e. The van der Waals surface area contributed by atoms with Gasteiger partial charge in [-0.3, -0.25) is 0 Å². The number of ether oxygens (including phenoxy) is 1. The first-order valence-electron chi connectivity index (χ1n) is 3.84. The summed E-state index contributed by atoms with van der Waals surface area (Å²) in [7, 11) is 1.43. The Balaban J connectivity index is 4.31. The number of esters is 1. The highest BCUT2D eigenvalue weighted by Gasteiger charge is 2.25. The topological polar surface area (TPSA) is 72.6 Å². The van der Waals surface area contributed by atoms with Crippen molar-refractivity contribution in [2.45, 2.75) is 13.0 Å². The number of likely N-dealkylation sites (N-methyl/N-ethyl adjacent to an activating group) is 1. The highest BCUT2D eigenvalue weighted by Crippen LogP contribution is 2.01. The maximum absolute atomic E-state index is 11.2. The van der Waals surface area contributed by atoms with Crippen LogP contribution in [0.1, 0.15) is 6.92 Å². The van der Waals surface area contributed by atoms with Crippen LogP contribution in [-0.4, -0.2) is 42.3 Å². The zero-order valence-electron chi connectivity index (χ0n) is 7.69. The van der Waals surface area contributed by atoms with Crippen molar-refractivity contribution in [3.05, 3.63) is 0 Å². The van der Waals surface area contributed by atoms with Gasteiger partial charge in [0.25, 0.3) is 0 Å². The predicted octanol–water partition coefficient (Wildman–Crippen LogP) is -0.142. The van der Waals surface area contributed by atoms with Gasteiger partial charge < -0.3 is 15.4 Å². The first-order valence-corrected chi connectivity index (χ1v) is 4.47. The smallest absolute Gasteiger partial charge is 0.329 e. The summed E-state index contributed by atoms with van der Waals surface area (Å²) in [6, 6.07) is -1.38. The third-order valence-corrected chi connectivity index (χ3v) is 1.89. The second-order valence-electron chi connectivity index (χ2n) is 2.40. The standard InChI is InChI=1S/C7H14N2O3S/c1-3-12-6(10)5(4-13)9(2)7(8)11/h5,13H,3-4H2,1-2H3,(H2,8,11)/t5-/m0/s1. The molecule has 1 atom stereocenters. The lowest BCUT2D eigenvalue weighted by atomic mass is 10.3. The molecule has 0 rings (SSSR count). The fourth-order valence-electron chi connectivity index (χ4n) is 0.747. The van der Waals surface area contributed by atoms with Crippen molar-refractivity contribution in [2.75, 3.05) is 19.4 Å². The van der Waals surface area contributed by atoms with Gasteiger partial charge in [-0.1, -0.05) is 0 Å². The fourth-order valence-corrected chi connectivity index (χ4v) is 1.14. The summed E-state index contributed by atoms with van der Waals surface area (Å²) in [6.07, 6.45) is 0. The van der Waals surface area contributed by atoms with E-state index in [1.54, 1.807) is 6.92 Å². The molecule has 0 bridgehead atoms. The predicted molar refractivity (Wildman–Crippen MR) is 51.6 cm³/mol. The van der Waals surface area contributed by atoms with Crippen LogP contribution in [0, 0.1) is 0 Å². The minimum atomic E-state index is -0.708. The van der Waals surface area contributed by atoms with Gasteiger partial charge in [-0.25, -0.2) is 9.59 Å². The van der Waals surface area contributed by atoms with E-state index in [9.17, 15) is 9.59 Å². The van der Waals surface area contributed by atoms with E-state index in [0.717, 1.165) is 4.90 Å². The van der Waals surface area contributed by atoms with Gasteiger partial charge in [0, 0.05) is 12.8 Å². The van der Waals surface area contributed by atoms with E-state index in [4.69, 9.17) is 10.5 Å². The van der Waals surface area contributed by atoms with E-state index in [2.05, 4.69) is 12.6 Å². The average molecular weight is 206 g/mol. The molecule has 6 heteroatoms. The van der Waals surface area contributed by atoms with Crippen molar-refractivity contribution in [2.24, 2.45) is 5.73 Å². The Bertz CT molecular complexity index is 198. The first kappa shape index (κ1) is 12.1. The monoisotopic (exact) mass is 206 g/mol. The van der Waals surface area contributed by atoms with Gasteiger partial charge >= 0.3 is 12.0 Å². The van der Waals surface area contributed by atoms with Gasteiger partial charge in [-0.15, -0.1) is 0 Å². The van der Waals surface area contributed by atoms with Crippen LogP contribution in [0.25, 0.3) is 0 Å². The SMILES string of the molecule is CCOC(=O)[C@H](CS)N(C)C(N)=O. The van der Waals surface area contributed by atoms with Crippen LogP contribution >= 0.6 is 12.6 Å². The number of hydrogen-bond donors (Lipinski definition) is 2. The van der Waals surface area contributed by atoms with Crippen LogP contribution in [0.2, 0.25) is 0 Å². The quantitative estimate of drug-likeness (QED) is 0.496. The number of nitrogens with zero attached hydrogens (tertiary/aromatic N) is 1. The number of primary amides is 1. The normalized spacial score (nSPS) is 11.9. The van der Waals surface area contributed by atoms with Crippen molar-refractivity contribution >= 4 is 24.6 Å². The third kappa shape index (κ3) is 3.54. The van der Waals surface area contributed by atoms with E-state index in [0.29, 0.717) is 0 Å². The minimum Gasteiger partial charge on any atom is -0.464 e. The zero-order chi connectivity index (χ0) is 10.4. The lowest BCUT2D eigenvalue weighted by Crippen LogP contribution is -2.47. The number of urea groups is 1. The second-order valence-corrected chi connectivity index (χ2v) is 2.76. The van der Waals surface area contributed by atoms with Gasteiger partial charge in [0.15, 0.2) is 0 Å². The molecule has 5 nitrogen and oxygen atoms in total. The Labute approximate surface area is 82.6 Å². The van der Waals surface area contributed by atoms with Crippen molar-refractivity contribution in [1.82, 2.24) is 4.90 Å². The first-order chi connectivity index (χ1) is 6.04. The minimum absolute atomic E-state index is 0.193. The van der Waals surface area contributed by atoms with Crippen molar-refractivity contribution < 1.29 is 14.3 Å². The van der Waals surface area contributed by atoms with Gasteiger partial charge in [0.2, 0.25) is 0 Å². The molecule has 0 aromatic carbocycles. The number of carbonyl (C=O) groups is 2. The Kier molecular flexibility index (Phi) is 5.29. The number of nitrogens with two attached hydrogens (primary N) is 1. The van der Waals surface area contributed by atoms with Crippen LogP contribution < -0.4 is 5.73 Å². The van der Waals surface area contributed by atoms with Crippen LogP contribution in [-0.2, 0) is 9.53 Å². The van der Waals surface area contributed by atoms with Crippen molar-refractivity contribution in [1.29, 1.82) is 0 Å². The van der Waals surface area contributed by atoms with Crippen molar-refractivity contribution in [3.63, 3.8) is 0 Å². The molecule has 0 aliphatic heterocycles. The molecule has 76 valence electrons. The molecule has 0 spiro atoms. The van der Waals surface area contributed by atoms with E-state index in [-0.39, 0.29) is 12.4 Å². The van der Waals surface area contributed by atoms with Crippen LogP contribution in [0.3, 0.4) is 0 Å². The summed E-state index contributed by atoms with van der Waals surface area (Å²) in [5, 5.41) is 0. The number of rotatable bonds is 4. The Morgan fingerprint density at radius 2 is 2.15 bits per heavy atom. The average Bonchev–Trinajstić information content (AvgIpc) is 2.05. The lowest BCUT2D eigenvalue weighted by molar-refractivity contribution is -0.147. The molecule has 0 radical (unpaired) electrons. The number of thiol groups is 1. The molecular formula is C7H14N2O3S. The lowest BCUT2D eigenvalue weighted by Gasteiger charge is -2.22. The molecule has 0 aliphatic carbocycles. The fraction of sp³-hybridized carbons (Fsp3) is 0.714. The number of carbonyl (C=O) groups excluding carboxylic acids is 2. The Morgan fingerprint density at radius 1 is 1.62 bits per heavy atom. The highest BCUT2D eigenvalue weighted by molar-refractivity contribution is 7.80. The molecule has 0 aromatic heterocycles. The third-order valence-electron chi connectivity index (χ3n) is 1.55. The summed E-state index contributed by atoms with van der Waals surface area (Å²) < 4.78 is 4.73. The molecule has 0 aromatic rings. The second kappa shape index (κ2) is 5.69. The molecule has 0 unspecified atom stereocenters. The van der Waals surface area contributed by atoms with Gasteiger partial charge in [-0.05, 0) is 6.92 Å². The van der Waals surface area contributed by atoms with E-state index >= 15 is 0 Å². The molecule has 0 heterocycles. The van der Waals surface area contributed by atoms with Crippen LogP contribution in [0.15, 0.2) is 0 Å². The molecule has 0 aliphatic rings. The van der Waals surface area contributed by atoms with Crippen LogP contribution in [0.5, 0.6) is 0 Å². The molecule has 2 amide bonds. The van der Waals surface area contributed by atoms with Gasteiger partial charge in [-0.2, -0.15) is 12.6 Å². The van der Waals surface area contributed by atoms with Gasteiger partial charge in [0.05, 0.1) is 6.61 Å². The molecular weight excluding hydrogens is 192 g/mol. The Hall–Kier alpha value is -0.910. The zero-order valence-corrected chi connectivity index (χ0v) is 8.58. The molecule has 0 saturated heterocycles. The summed E-state index contributed by atoms with van der Waals surface area (Å²) in [6.45, 7) is 1.97. The molecule has 13 heavy (non-hydrogen) atoms. The summed E-state index contributed by atoms with van der Waals surface area (Å²) >= 11 is 3.93. The summed E-state index contributed by atoms with van der Waals surface area (Å²) in [5.74, 6) is -0.294. The largest absolute Gasteiger partial charge is 0.464 e. The molecule has 0 fully saturated rings. The molecule has 2 N–H and O–H groups in total. The summed E-state index contributed by atoms with van der Waals surface area (Å²) in [5.41, 5.74) is 4.99. The van der Waals surface area contributed by atoms with E-state index in [1.807, 2.05) is 0 Å². The van der Waals surface area contributed by atoms with Crippen molar-refractivity contribution in [3.8, 4) is 0 Å². The van der Waals surface area contributed by atoms with E-state index < -0.39 is 18.0 Å². The van der Waals surface area contributed by atoms with Crippen LogP contribution in [0.4, 0.5) is 4.79 Å². The van der Waals surface area contributed by atoms with E-state index in [1.165, 1.54) is 7.05 Å². The maximum atomic E-state index is 11.2. The summed E-state index contributed by atoms with van der Waals surface area (Å²) in [4.78, 5) is 23.0. The number of amides is 2. The highest BCUT2D eigenvalue weighted by atomic mass is 32.1. The number of hydrogen-bond acceptors (Lipinski definition) is 4.